The smallest absolute Gasteiger partial charge is 0.416 e. The summed E-state index contributed by atoms with van der Waals surface area (Å²) >= 11 is 0. The quantitative estimate of drug-likeness (QED) is 0.406. The van der Waals surface area contributed by atoms with Crippen molar-refractivity contribution in [2.75, 3.05) is 19.8 Å². The van der Waals surface area contributed by atoms with Crippen LogP contribution in [0.15, 0.2) is 43.0 Å². The molecule has 0 radical (unpaired) electrons. The molecule has 25 heavy (non-hydrogen) atoms. The Balaban J connectivity index is 1.68. The Kier molecular flexibility index (Phi) is 6.71. The molecule has 0 unspecified atom stereocenters. The molecule has 1 fully saturated rings. The van der Waals surface area contributed by atoms with Crippen LogP contribution in [-0.2, 0) is 30.4 Å². The summed E-state index contributed by atoms with van der Waals surface area (Å²) in [6.07, 6.45) is 0.0640. The second-order valence-corrected chi connectivity index (χ2v) is 5.59. The first kappa shape index (κ1) is 18.7. The van der Waals surface area contributed by atoms with Crippen LogP contribution in [0.25, 0.3) is 0 Å². The van der Waals surface area contributed by atoms with E-state index in [2.05, 4.69) is 6.58 Å². The Bertz CT molecular complexity index is 630. The highest BCUT2D eigenvalue weighted by Gasteiger charge is 2.46. The molecule has 134 valence electrons. The zero-order chi connectivity index (χ0) is 18.2. The van der Waals surface area contributed by atoms with Gasteiger partial charge in [-0.25, -0.2) is 14.5 Å². The highest BCUT2D eigenvalue weighted by molar-refractivity contribution is 5.98. The summed E-state index contributed by atoms with van der Waals surface area (Å²) in [5.74, 6) is -1.52. The summed E-state index contributed by atoms with van der Waals surface area (Å²) in [6.45, 7) is 5.34. The van der Waals surface area contributed by atoms with Gasteiger partial charge < -0.3 is 14.2 Å². The lowest BCUT2D eigenvalue weighted by Crippen LogP contribution is -2.59. The molecule has 0 aliphatic carbocycles. The molecule has 2 rings (SSSR count). The SMILES string of the molecule is C=CCOC(=O)N1C[C@@H]([C@@H](C)OC(=O)COCc2ccccc2)C1=O. The maximum absolute atomic E-state index is 12.0. The summed E-state index contributed by atoms with van der Waals surface area (Å²) < 4.78 is 15.3. The normalized spacial score (nSPS) is 17.4. The van der Waals surface area contributed by atoms with Gasteiger partial charge in [-0.1, -0.05) is 43.0 Å². The zero-order valence-electron chi connectivity index (χ0n) is 14.1. The van der Waals surface area contributed by atoms with E-state index in [4.69, 9.17) is 14.2 Å². The van der Waals surface area contributed by atoms with Gasteiger partial charge in [0.2, 0.25) is 5.91 Å². The number of nitrogens with zero attached hydrogens (tertiary/aromatic N) is 1. The van der Waals surface area contributed by atoms with Crippen molar-refractivity contribution in [1.82, 2.24) is 4.90 Å². The van der Waals surface area contributed by atoms with Gasteiger partial charge in [0.15, 0.2) is 0 Å². The second-order valence-electron chi connectivity index (χ2n) is 5.59. The molecule has 2 amide bonds. The Morgan fingerprint density at radius 2 is 2.08 bits per heavy atom. The second kappa shape index (κ2) is 8.98. The molecular formula is C18H21NO6. The van der Waals surface area contributed by atoms with E-state index in [1.165, 1.54) is 6.08 Å². The summed E-state index contributed by atoms with van der Waals surface area (Å²) in [7, 11) is 0. The molecule has 7 heteroatoms. The number of hydrogen-bond acceptors (Lipinski definition) is 6. The van der Waals surface area contributed by atoms with Crippen molar-refractivity contribution in [2.45, 2.75) is 19.6 Å². The van der Waals surface area contributed by atoms with E-state index in [1.54, 1.807) is 6.92 Å². The van der Waals surface area contributed by atoms with E-state index in [9.17, 15) is 14.4 Å². The largest absolute Gasteiger partial charge is 0.460 e. The van der Waals surface area contributed by atoms with Gasteiger partial charge in [0.25, 0.3) is 0 Å². The number of carbonyl (C=O) groups is 3. The zero-order valence-corrected chi connectivity index (χ0v) is 14.1. The van der Waals surface area contributed by atoms with Gasteiger partial charge in [-0.15, -0.1) is 0 Å². The van der Waals surface area contributed by atoms with Gasteiger partial charge in [-0.05, 0) is 12.5 Å². The summed E-state index contributed by atoms with van der Waals surface area (Å²) in [5, 5.41) is 0. The maximum atomic E-state index is 12.0. The number of imide groups is 1. The molecule has 0 N–H and O–H groups in total. The van der Waals surface area contributed by atoms with Gasteiger partial charge in [0.1, 0.15) is 19.3 Å². The molecular weight excluding hydrogens is 326 g/mol. The van der Waals surface area contributed by atoms with E-state index in [0.717, 1.165) is 10.5 Å². The maximum Gasteiger partial charge on any atom is 0.416 e. The number of β-lactam (4-membered cyclic amide) rings is 1. The molecule has 1 saturated heterocycles. The third kappa shape index (κ3) is 5.15. The third-order valence-electron chi connectivity index (χ3n) is 3.72. The number of esters is 1. The van der Waals surface area contributed by atoms with Crippen molar-refractivity contribution < 1.29 is 28.6 Å². The minimum absolute atomic E-state index is 0.0383. The molecule has 1 aromatic rings. The molecule has 0 bridgehead atoms. The standard InChI is InChI=1S/C18H21NO6/c1-3-9-24-18(22)19-10-15(17(19)21)13(2)25-16(20)12-23-11-14-7-5-4-6-8-14/h3-8,13,15H,1,9-12H2,2H3/t13-,15+/m1/s1. The van der Waals surface area contributed by atoms with Crippen LogP contribution < -0.4 is 0 Å². The molecule has 0 spiro atoms. The van der Waals surface area contributed by atoms with Crippen LogP contribution in [0.2, 0.25) is 0 Å². The average molecular weight is 347 g/mol. The number of likely N-dealkylation sites (tertiary alicyclic amines) is 1. The Hall–Kier alpha value is -2.67. The van der Waals surface area contributed by atoms with Gasteiger partial charge in [0, 0.05) is 6.54 Å². The number of ether oxygens (including phenoxy) is 3. The van der Waals surface area contributed by atoms with E-state index < -0.39 is 30.0 Å². The summed E-state index contributed by atoms with van der Waals surface area (Å²) in [5.41, 5.74) is 0.950. The lowest BCUT2D eigenvalue weighted by Gasteiger charge is -2.38. The van der Waals surface area contributed by atoms with Crippen molar-refractivity contribution in [3.8, 4) is 0 Å². The fourth-order valence-electron chi connectivity index (χ4n) is 2.32. The molecule has 1 aliphatic rings. The number of benzene rings is 1. The van der Waals surface area contributed by atoms with Gasteiger partial charge in [-0.2, -0.15) is 0 Å². The molecule has 0 aromatic heterocycles. The van der Waals surface area contributed by atoms with Crippen molar-refractivity contribution in [3.05, 3.63) is 48.6 Å². The Morgan fingerprint density at radius 1 is 1.36 bits per heavy atom. The van der Waals surface area contributed by atoms with Crippen molar-refractivity contribution in [3.63, 3.8) is 0 Å². The van der Waals surface area contributed by atoms with Crippen LogP contribution in [0.5, 0.6) is 0 Å². The number of hydrogen-bond donors (Lipinski definition) is 0. The van der Waals surface area contributed by atoms with Gasteiger partial charge in [0.05, 0.1) is 12.5 Å². The highest BCUT2D eigenvalue weighted by atomic mass is 16.6. The predicted molar refractivity (Wildman–Crippen MR) is 88.4 cm³/mol. The number of rotatable bonds is 8. The lowest BCUT2D eigenvalue weighted by molar-refractivity contribution is -0.166. The number of carbonyl (C=O) groups excluding carboxylic acids is 3. The first-order valence-corrected chi connectivity index (χ1v) is 7.93. The van der Waals surface area contributed by atoms with Crippen LogP contribution in [0.1, 0.15) is 12.5 Å². The van der Waals surface area contributed by atoms with E-state index in [1.807, 2.05) is 30.3 Å². The van der Waals surface area contributed by atoms with E-state index in [-0.39, 0.29) is 19.8 Å². The fourth-order valence-corrected chi connectivity index (χ4v) is 2.32. The van der Waals surface area contributed by atoms with Gasteiger partial charge >= 0.3 is 12.1 Å². The average Bonchev–Trinajstić information content (AvgIpc) is 2.59. The number of amides is 2. The minimum atomic E-state index is -0.717. The van der Waals surface area contributed by atoms with E-state index >= 15 is 0 Å². The minimum Gasteiger partial charge on any atom is -0.460 e. The molecule has 2 atom stereocenters. The molecule has 1 heterocycles. The van der Waals surface area contributed by atoms with E-state index in [0.29, 0.717) is 6.61 Å². The van der Waals surface area contributed by atoms with Crippen LogP contribution in [-0.4, -0.2) is 48.7 Å². The summed E-state index contributed by atoms with van der Waals surface area (Å²) in [4.78, 5) is 36.3. The van der Waals surface area contributed by atoms with Crippen LogP contribution in [0, 0.1) is 5.92 Å². The van der Waals surface area contributed by atoms with Crippen molar-refractivity contribution in [2.24, 2.45) is 5.92 Å². The van der Waals surface area contributed by atoms with Crippen molar-refractivity contribution in [1.29, 1.82) is 0 Å². The van der Waals surface area contributed by atoms with Crippen LogP contribution in [0.3, 0.4) is 0 Å². The van der Waals surface area contributed by atoms with Crippen LogP contribution >= 0.6 is 0 Å². The lowest BCUT2D eigenvalue weighted by atomic mass is 9.94. The molecule has 1 aromatic carbocycles. The predicted octanol–water partition coefficient (Wildman–Crippen LogP) is 1.92. The van der Waals surface area contributed by atoms with Gasteiger partial charge in [-0.3, -0.25) is 4.79 Å². The molecule has 1 aliphatic heterocycles. The topological polar surface area (TPSA) is 82.1 Å². The summed E-state index contributed by atoms with van der Waals surface area (Å²) in [6, 6.07) is 9.44. The van der Waals surface area contributed by atoms with Crippen LogP contribution in [0.4, 0.5) is 4.79 Å². The monoisotopic (exact) mass is 347 g/mol. The van der Waals surface area contributed by atoms with Crippen molar-refractivity contribution >= 4 is 18.0 Å². The molecule has 7 nitrogen and oxygen atoms in total. The fraction of sp³-hybridized carbons (Fsp3) is 0.389. The first-order valence-electron chi connectivity index (χ1n) is 7.93. The first-order chi connectivity index (χ1) is 12.0. The highest BCUT2D eigenvalue weighted by Crippen LogP contribution is 2.24. The Labute approximate surface area is 146 Å². The Morgan fingerprint density at radius 3 is 2.72 bits per heavy atom. The third-order valence-corrected chi connectivity index (χ3v) is 3.72. The molecule has 0 saturated carbocycles.